The Morgan fingerprint density at radius 3 is 2.06 bits per heavy atom. The van der Waals surface area contributed by atoms with Gasteiger partial charge < -0.3 is 5.32 Å². The van der Waals surface area contributed by atoms with Crippen LogP contribution in [0.25, 0.3) is 0 Å². The maximum Gasteiger partial charge on any atom is 0.416 e. The van der Waals surface area contributed by atoms with E-state index in [9.17, 15) is 26.4 Å². The highest BCUT2D eigenvalue weighted by Gasteiger charge is 2.33. The third-order valence-corrected chi connectivity index (χ3v) is 6.33. The molecule has 0 aliphatic heterocycles. The Bertz CT molecular complexity index is 1080. The van der Waals surface area contributed by atoms with Gasteiger partial charge in [-0.15, -0.1) is 0 Å². The van der Waals surface area contributed by atoms with Crippen LogP contribution in [0.3, 0.4) is 0 Å². The molecule has 2 rings (SSSR count). The predicted molar refractivity (Wildman–Crippen MR) is 120 cm³/mol. The van der Waals surface area contributed by atoms with Crippen molar-refractivity contribution in [3.63, 3.8) is 0 Å². The Morgan fingerprint density at radius 2 is 1.59 bits per heavy atom. The average Bonchev–Trinajstić information content (AvgIpc) is 2.64. The lowest BCUT2D eigenvalue weighted by Crippen LogP contribution is -2.41. The Labute approximate surface area is 191 Å². The highest BCUT2D eigenvalue weighted by Crippen LogP contribution is 2.36. The molecule has 32 heavy (non-hydrogen) atoms. The van der Waals surface area contributed by atoms with Crippen molar-refractivity contribution in [1.82, 2.24) is 5.32 Å². The lowest BCUT2D eigenvalue weighted by atomic mass is 9.86. The number of halogens is 4. The van der Waals surface area contributed by atoms with Gasteiger partial charge in [0.15, 0.2) is 0 Å². The van der Waals surface area contributed by atoms with Crippen molar-refractivity contribution in [2.45, 2.75) is 45.3 Å². The number of nitrogens with one attached hydrogen (secondary N) is 1. The number of hydrogen-bond donors (Lipinski definition) is 1. The van der Waals surface area contributed by atoms with Crippen LogP contribution < -0.4 is 9.62 Å². The van der Waals surface area contributed by atoms with Crippen LogP contribution >= 0.6 is 11.6 Å². The molecule has 0 heterocycles. The number of alkyl halides is 3. The van der Waals surface area contributed by atoms with Crippen LogP contribution in [0.15, 0.2) is 42.5 Å². The average molecular weight is 491 g/mol. The van der Waals surface area contributed by atoms with Gasteiger partial charge >= 0.3 is 6.18 Å². The van der Waals surface area contributed by atoms with Crippen LogP contribution in [-0.4, -0.2) is 27.1 Å². The molecule has 1 unspecified atom stereocenters. The van der Waals surface area contributed by atoms with E-state index in [1.807, 2.05) is 24.3 Å². The van der Waals surface area contributed by atoms with E-state index >= 15 is 0 Å². The monoisotopic (exact) mass is 490 g/mol. The van der Waals surface area contributed by atoms with Crippen molar-refractivity contribution < 1.29 is 26.4 Å². The van der Waals surface area contributed by atoms with Gasteiger partial charge in [0.2, 0.25) is 15.9 Å². The molecule has 1 N–H and O–H groups in total. The molecule has 0 saturated heterocycles. The fourth-order valence-corrected chi connectivity index (χ4v) is 4.16. The highest BCUT2D eigenvalue weighted by molar-refractivity contribution is 7.92. The van der Waals surface area contributed by atoms with Gasteiger partial charge in [0, 0.05) is 0 Å². The fourth-order valence-electron chi connectivity index (χ4n) is 3.03. The summed E-state index contributed by atoms with van der Waals surface area (Å²) in [5.41, 5.74) is 0.391. The van der Waals surface area contributed by atoms with E-state index in [1.165, 1.54) is 0 Å². The van der Waals surface area contributed by atoms with Gasteiger partial charge in [0.1, 0.15) is 6.54 Å². The largest absolute Gasteiger partial charge is 0.416 e. The third-order valence-electron chi connectivity index (χ3n) is 4.88. The van der Waals surface area contributed by atoms with Gasteiger partial charge in [-0.25, -0.2) is 8.42 Å². The first-order chi connectivity index (χ1) is 14.5. The summed E-state index contributed by atoms with van der Waals surface area (Å²) >= 11 is 5.98. The second kappa shape index (κ2) is 9.31. The number of sulfonamides is 1. The minimum Gasteiger partial charge on any atom is -0.348 e. The second-order valence-electron chi connectivity index (χ2n) is 8.59. The van der Waals surface area contributed by atoms with Crippen molar-refractivity contribution in [2.24, 2.45) is 0 Å². The Hall–Kier alpha value is -2.26. The van der Waals surface area contributed by atoms with Gasteiger partial charge in [-0.3, -0.25) is 9.10 Å². The SMILES string of the molecule is CC(NC(=O)CN(c1cc(C(F)(F)F)ccc1Cl)S(C)(=O)=O)c1ccc(C(C)(C)C)cc1. The summed E-state index contributed by atoms with van der Waals surface area (Å²) in [7, 11) is -4.10. The van der Waals surface area contributed by atoms with E-state index in [0.717, 1.165) is 29.5 Å². The molecule has 0 fully saturated rings. The molecule has 0 saturated carbocycles. The molecule has 0 aromatic heterocycles. The van der Waals surface area contributed by atoms with Crippen LogP contribution in [0, 0.1) is 0 Å². The van der Waals surface area contributed by atoms with Crippen molar-refractivity contribution in [1.29, 1.82) is 0 Å². The molecule has 0 radical (unpaired) electrons. The molecule has 10 heteroatoms. The van der Waals surface area contributed by atoms with Gasteiger partial charge in [-0.05, 0) is 41.7 Å². The van der Waals surface area contributed by atoms with E-state index in [1.54, 1.807) is 6.92 Å². The maximum absolute atomic E-state index is 13.1. The summed E-state index contributed by atoms with van der Waals surface area (Å²) in [5.74, 6) is -0.684. The van der Waals surface area contributed by atoms with Crippen molar-refractivity contribution in [3.8, 4) is 0 Å². The number of anilines is 1. The van der Waals surface area contributed by atoms with Crippen molar-refractivity contribution >= 4 is 33.2 Å². The van der Waals surface area contributed by atoms with Gasteiger partial charge in [-0.2, -0.15) is 13.2 Å². The summed E-state index contributed by atoms with van der Waals surface area (Å²) < 4.78 is 64.4. The second-order valence-corrected chi connectivity index (χ2v) is 10.9. The fraction of sp³-hybridized carbons (Fsp3) is 0.409. The number of amides is 1. The van der Waals surface area contributed by atoms with Crippen molar-refractivity contribution in [3.05, 3.63) is 64.2 Å². The lowest BCUT2D eigenvalue weighted by Gasteiger charge is -2.25. The number of carbonyl (C=O) groups excluding carboxylic acids is 1. The van der Waals surface area contributed by atoms with E-state index in [2.05, 4.69) is 26.1 Å². The highest BCUT2D eigenvalue weighted by atomic mass is 35.5. The first-order valence-electron chi connectivity index (χ1n) is 9.74. The van der Waals surface area contributed by atoms with Gasteiger partial charge in [-0.1, -0.05) is 56.6 Å². The van der Waals surface area contributed by atoms with Crippen LogP contribution in [0.5, 0.6) is 0 Å². The molecule has 0 aliphatic carbocycles. The zero-order chi connectivity index (χ0) is 24.5. The topological polar surface area (TPSA) is 66.5 Å². The first-order valence-corrected chi connectivity index (χ1v) is 12.0. The smallest absolute Gasteiger partial charge is 0.348 e. The third kappa shape index (κ3) is 6.62. The van der Waals surface area contributed by atoms with E-state index in [4.69, 9.17) is 11.6 Å². The van der Waals surface area contributed by atoms with Crippen LogP contribution in [-0.2, 0) is 26.4 Å². The molecule has 0 spiro atoms. The maximum atomic E-state index is 13.1. The Morgan fingerprint density at radius 1 is 1.06 bits per heavy atom. The molecule has 1 atom stereocenters. The van der Waals surface area contributed by atoms with E-state index < -0.39 is 45.9 Å². The molecular weight excluding hydrogens is 465 g/mol. The summed E-state index contributed by atoms with van der Waals surface area (Å²) in [6.07, 6.45) is -3.90. The summed E-state index contributed by atoms with van der Waals surface area (Å²) in [5, 5.41) is 2.46. The quantitative estimate of drug-likeness (QED) is 0.597. The molecule has 2 aromatic rings. The van der Waals surface area contributed by atoms with Crippen LogP contribution in [0.4, 0.5) is 18.9 Å². The van der Waals surface area contributed by atoms with Crippen LogP contribution in [0.1, 0.15) is 50.4 Å². The Balaban J connectivity index is 2.25. The number of rotatable bonds is 6. The van der Waals surface area contributed by atoms with E-state index in [0.29, 0.717) is 10.4 Å². The normalized spacial score (nSPS) is 13.5. The summed E-state index contributed by atoms with van der Waals surface area (Å²) in [4.78, 5) is 12.6. The molecule has 2 aromatic carbocycles. The van der Waals surface area contributed by atoms with E-state index in [-0.39, 0.29) is 10.4 Å². The summed E-state index contributed by atoms with van der Waals surface area (Å²) in [6.45, 7) is 7.24. The zero-order valence-electron chi connectivity index (χ0n) is 18.4. The number of benzene rings is 2. The van der Waals surface area contributed by atoms with Crippen LogP contribution in [0.2, 0.25) is 5.02 Å². The van der Waals surface area contributed by atoms with Crippen molar-refractivity contribution in [2.75, 3.05) is 17.1 Å². The first kappa shape index (κ1) is 26.0. The molecular formula is C22H26ClF3N2O3S. The molecule has 176 valence electrons. The lowest BCUT2D eigenvalue weighted by molar-refractivity contribution is -0.137. The molecule has 0 aliphatic rings. The standard InChI is InChI=1S/C22H26ClF3N2O3S/c1-14(15-6-8-16(9-7-15)21(2,3)4)27-20(29)13-28(32(5,30)31)19-12-17(22(24,25)26)10-11-18(19)23/h6-12,14H,13H2,1-5H3,(H,27,29). The molecule has 5 nitrogen and oxygen atoms in total. The predicted octanol–water partition coefficient (Wildman–Crippen LogP) is 5.30. The summed E-state index contributed by atoms with van der Waals surface area (Å²) in [6, 6.07) is 9.49. The minimum atomic E-state index is -4.70. The number of nitrogens with zero attached hydrogens (tertiary/aromatic N) is 1. The number of hydrogen-bond acceptors (Lipinski definition) is 3. The molecule has 0 bridgehead atoms. The molecule has 1 amide bonds. The zero-order valence-corrected chi connectivity index (χ0v) is 20.0. The van der Waals surface area contributed by atoms with Gasteiger partial charge in [0.05, 0.1) is 28.6 Å². The Kier molecular flexibility index (Phi) is 7.56. The van der Waals surface area contributed by atoms with Gasteiger partial charge in [0.25, 0.3) is 0 Å². The minimum absolute atomic E-state index is 0.0365. The number of carbonyl (C=O) groups is 1.